The predicted octanol–water partition coefficient (Wildman–Crippen LogP) is 2.53. The predicted molar refractivity (Wildman–Crippen MR) is 34.2 cm³/mol. The molecule has 0 radical (unpaired) electrons. The van der Waals surface area contributed by atoms with Crippen LogP contribution in [0.15, 0.2) is 12.3 Å². The van der Waals surface area contributed by atoms with E-state index in [0.29, 0.717) is 0 Å². The van der Waals surface area contributed by atoms with Gasteiger partial charge in [0.25, 0.3) is 0 Å². The standard InChI is InChI=1S/C5H2Cl2FN/c6-3-2-9-5(7)1-4(3)8/h1-2H. The third-order valence-electron chi connectivity index (χ3n) is 0.775. The van der Waals surface area contributed by atoms with E-state index in [1.807, 2.05) is 0 Å². The van der Waals surface area contributed by atoms with Gasteiger partial charge in [-0.2, -0.15) is 0 Å². The molecule has 1 aromatic heterocycles. The minimum Gasteiger partial charge on any atom is -0.243 e. The summed E-state index contributed by atoms with van der Waals surface area (Å²) in [6.07, 6.45) is 1.17. The molecule has 1 rings (SSSR count). The molecule has 0 unspecified atom stereocenters. The zero-order chi connectivity index (χ0) is 6.85. The number of nitrogens with zero attached hydrogens (tertiary/aromatic N) is 1. The fraction of sp³-hybridized carbons (Fsp3) is 0. The molecule has 0 aromatic carbocycles. The van der Waals surface area contributed by atoms with E-state index in [4.69, 9.17) is 23.2 Å². The Hall–Kier alpha value is -0.340. The average molecular weight is 166 g/mol. The molecular weight excluding hydrogens is 164 g/mol. The molecule has 1 heterocycles. The lowest BCUT2D eigenvalue weighted by atomic mass is 10.5. The van der Waals surface area contributed by atoms with E-state index < -0.39 is 5.82 Å². The monoisotopic (exact) mass is 165 g/mol. The Morgan fingerprint density at radius 1 is 1.44 bits per heavy atom. The van der Waals surface area contributed by atoms with E-state index in [9.17, 15) is 4.39 Å². The van der Waals surface area contributed by atoms with Gasteiger partial charge in [0.15, 0.2) is 0 Å². The van der Waals surface area contributed by atoms with Crippen LogP contribution in [0, 0.1) is 5.82 Å². The summed E-state index contributed by atoms with van der Waals surface area (Å²) >= 11 is 10.6. The van der Waals surface area contributed by atoms with Gasteiger partial charge in [0.05, 0.1) is 11.2 Å². The van der Waals surface area contributed by atoms with Crippen molar-refractivity contribution in [2.75, 3.05) is 0 Å². The van der Waals surface area contributed by atoms with Crippen LogP contribution in [-0.2, 0) is 0 Å². The first-order chi connectivity index (χ1) is 4.20. The lowest BCUT2D eigenvalue weighted by molar-refractivity contribution is 0.626. The summed E-state index contributed by atoms with van der Waals surface area (Å²) in [7, 11) is 0. The van der Waals surface area contributed by atoms with Crippen molar-refractivity contribution in [1.29, 1.82) is 0 Å². The van der Waals surface area contributed by atoms with Gasteiger partial charge in [0, 0.05) is 6.07 Å². The van der Waals surface area contributed by atoms with Gasteiger partial charge in [0.1, 0.15) is 11.0 Å². The molecule has 1 nitrogen and oxygen atoms in total. The Labute approximate surface area is 61.4 Å². The molecule has 0 bridgehead atoms. The second kappa shape index (κ2) is 2.50. The van der Waals surface area contributed by atoms with Gasteiger partial charge >= 0.3 is 0 Å². The van der Waals surface area contributed by atoms with Gasteiger partial charge in [-0.1, -0.05) is 23.2 Å². The summed E-state index contributed by atoms with van der Waals surface area (Å²) in [5.74, 6) is -0.545. The fourth-order valence-electron chi connectivity index (χ4n) is 0.391. The van der Waals surface area contributed by atoms with Crippen molar-refractivity contribution in [2.45, 2.75) is 0 Å². The van der Waals surface area contributed by atoms with Crippen molar-refractivity contribution in [2.24, 2.45) is 0 Å². The van der Waals surface area contributed by atoms with Gasteiger partial charge < -0.3 is 0 Å². The number of halogens is 3. The first-order valence-electron chi connectivity index (χ1n) is 2.16. The molecule has 0 N–H and O–H groups in total. The van der Waals surface area contributed by atoms with Crippen LogP contribution in [0.3, 0.4) is 0 Å². The first-order valence-corrected chi connectivity index (χ1v) is 2.92. The van der Waals surface area contributed by atoms with Crippen molar-refractivity contribution in [1.82, 2.24) is 4.98 Å². The Morgan fingerprint density at radius 2 is 2.11 bits per heavy atom. The number of aromatic nitrogens is 1. The van der Waals surface area contributed by atoms with E-state index in [1.165, 1.54) is 6.20 Å². The van der Waals surface area contributed by atoms with Crippen LogP contribution in [0.2, 0.25) is 10.2 Å². The summed E-state index contributed by atoms with van der Waals surface area (Å²) < 4.78 is 12.3. The Bertz CT molecular complexity index is 226. The summed E-state index contributed by atoms with van der Waals surface area (Å²) in [6, 6.07) is 1.06. The van der Waals surface area contributed by atoms with Crippen LogP contribution >= 0.6 is 23.2 Å². The van der Waals surface area contributed by atoms with Crippen LogP contribution in [0.25, 0.3) is 0 Å². The molecule has 0 spiro atoms. The maximum absolute atomic E-state index is 12.3. The van der Waals surface area contributed by atoms with Crippen molar-refractivity contribution >= 4 is 23.2 Å². The summed E-state index contributed by atoms with van der Waals surface area (Å²) in [5.41, 5.74) is 0. The molecule has 48 valence electrons. The minimum absolute atomic E-state index is 0.0144. The molecule has 1 aromatic rings. The zero-order valence-electron chi connectivity index (χ0n) is 4.24. The van der Waals surface area contributed by atoms with Crippen molar-refractivity contribution in [3.8, 4) is 0 Å². The number of hydrogen-bond acceptors (Lipinski definition) is 1. The highest BCUT2D eigenvalue weighted by Crippen LogP contribution is 2.15. The summed E-state index contributed by atoms with van der Waals surface area (Å²) in [5, 5.41) is 0.0938. The molecule has 9 heavy (non-hydrogen) atoms. The maximum Gasteiger partial charge on any atom is 0.146 e. The highest BCUT2D eigenvalue weighted by molar-refractivity contribution is 6.32. The zero-order valence-corrected chi connectivity index (χ0v) is 5.75. The molecule has 0 saturated heterocycles. The topological polar surface area (TPSA) is 12.9 Å². The average Bonchev–Trinajstić information content (AvgIpc) is 1.80. The molecule has 0 aliphatic carbocycles. The third kappa shape index (κ3) is 1.53. The molecule has 0 aliphatic rings. The molecule has 0 fully saturated rings. The smallest absolute Gasteiger partial charge is 0.146 e. The number of rotatable bonds is 0. The van der Waals surface area contributed by atoms with Crippen LogP contribution in [0.5, 0.6) is 0 Å². The molecular formula is C5H2Cl2FN. The number of pyridine rings is 1. The SMILES string of the molecule is Fc1cc(Cl)ncc1Cl. The van der Waals surface area contributed by atoms with Gasteiger partial charge in [-0.15, -0.1) is 0 Å². The van der Waals surface area contributed by atoms with Gasteiger partial charge in [-0.3, -0.25) is 0 Å². The van der Waals surface area contributed by atoms with Crippen LogP contribution in [0.4, 0.5) is 4.39 Å². The Kier molecular flexibility index (Phi) is 1.88. The van der Waals surface area contributed by atoms with E-state index in [1.54, 1.807) is 0 Å². The summed E-state index contributed by atoms with van der Waals surface area (Å²) in [6.45, 7) is 0. The van der Waals surface area contributed by atoms with Gasteiger partial charge in [-0.25, -0.2) is 9.37 Å². The fourth-order valence-corrected chi connectivity index (χ4v) is 0.639. The van der Waals surface area contributed by atoms with Crippen LogP contribution in [-0.4, -0.2) is 4.98 Å². The second-order valence-electron chi connectivity index (χ2n) is 1.42. The van der Waals surface area contributed by atoms with Crippen molar-refractivity contribution in [3.63, 3.8) is 0 Å². The second-order valence-corrected chi connectivity index (χ2v) is 2.22. The van der Waals surface area contributed by atoms with E-state index >= 15 is 0 Å². The Balaban J connectivity index is 3.17. The largest absolute Gasteiger partial charge is 0.243 e. The van der Waals surface area contributed by atoms with E-state index in [2.05, 4.69) is 4.98 Å². The van der Waals surface area contributed by atoms with Gasteiger partial charge in [-0.05, 0) is 0 Å². The summed E-state index contributed by atoms with van der Waals surface area (Å²) in [4.78, 5) is 3.53. The molecule has 0 saturated carbocycles. The van der Waals surface area contributed by atoms with Crippen molar-refractivity contribution < 1.29 is 4.39 Å². The maximum atomic E-state index is 12.3. The lowest BCUT2D eigenvalue weighted by Crippen LogP contribution is -1.78. The Morgan fingerprint density at radius 3 is 2.56 bits per heavy atom. The van der Waals surface area contributed by atoms with Crippen LogP contribution < -0.4 is 0 Å². The minimum atomic E-state index is -0.545. The van der Waals surface area contributed by atoms with Crippen molar-refractivity contribution in [3.05, 3.63) is 28.3 Å². The number of hydrogen-bond donors (Lipinski definition) is 0. The molecule has 0 atom stereocenters. The van der Waals surface area contributed by atoms with Crippen LogP contribution in [0.1, 0.15) is 0 Å². The lowest BCUT2D eigenvalue weighted by Gasteiger charge is -1.90. The first kappa shape index (κ1) is 6.78. The van der Waals surface area contributed by atoms with Gasteiger partial charge in [0.2, 0.25) is 0 Å². The molecule has 0 aliphatic heterocycles. The molecule has 4 heteroatoms. The van der Waals surface area contributed by atoms with E-state index in [0.717, 1.165) is 6.07 Å². The normalized spacial score (nSPS) is 9.67. The molecule has 0 amide bonds. The third-order valence-corrected chi connectivity index (χ3v) is 1.26. The highest BCUT2D eigenvalue weighted by atomic mass is 35.5. The highest BCUT2D eigenvalue weighted by Gasteiger charge is 1.98. The quantitative estimate of drug-likeness (QED) is 0.539. The van der Waals surface area contributed by atoms with E-state index in [-0.39, 0.29) is 10.2 Å².